The Morgan fingerprint density at radius 2 is 1.93 bits per heavy atom. The van der Waals surface area contributed by atoms with Gasteiger partial charge in [-0.05, 0) is 49.3 Å². The Bertz CT molecular complexity index is 698. The normalized spacial score (nSPS) is 14.9. The monoisotopic (exact) mass is 368 g/mol. The van der Waals surface area contributed by atoms with Crippen molar-refractivity contribution in [3.05, 3.63) is 53.7 Å². The average Bonchev–Trinajstić information content (AvgIpc) is 2.72. The number of nitrogens with zero attached hydrogens (tertiary/aromatic N) is 3. The molecular weight excluding hydrogens is 340 g/mol. The second kappa shape index (κ2) is 10.0. The number of ether oxygens (including phenoxy) is 1. The molecule has 0 atom stereocenters. The van der Waals surface area contributed by atoms with E-state index in [0.29, 0.717) is 24.8 Å². The number of nitrogens with one attached hydrogen (secondary N) is 1. The number of anilines is 1. The predicted octanol–water partition coefficient (Wildman–Crippen LogP) is 2.70. The van der Waals surface area contributed by atoms with Crippen LogP contribution in [0.4, 0.5) is 5.82 Å². The number of rotatable bonds is 8. The Morgan fingerprint density at radius 1 is 1.15 bits per heavy atom. The van der Waals surface area contributed by atoms with Gasteiger partial charge in [-0.2, -0.15) is 0 Å². The van der Waals surface area contributed by atoms with Crippen LogP contribution in [0.5, 0.6) is 0 Å². The average molecular weight is 368 g/mol. The van der Waals surface area contributed by atoms with Crippen LogP contribution in [0.3, 0.4) is 0 Å². The van der Waals surface area contributed by atoms with Crippen LogP contribution in [-0.4, -0.2) is 49.5 Å². The van der Waals surface area contributed by atoms with Crippen molar-refractivity contribution in [3.8, 4) is 0 Å². The Morgan fingerprint density at radius 3 is 2.59 bits per heavy atom. The van der Waals surface area contributed by atoms with E-state index in [9.17, 15) is 4.79 Å². The third kappa shape index (κ3) is 5.76. The molecule has 1 aliphatic heterocycles. The summed E-state index contributed by atoms with van der Waals surface area (Å²) in [5, 5.41) is 11.2. The van der Waals surface area contributed by atoms with Gasteiger partial charge in [0.05, 0.1) is 0 Å². The molecule has 2 aromatic rings. The summed E-state index contributed by atoms with van der Waals surface area (Å²) in [6.07, 6.45) is 4.23. The number of carbonyl (C=O) groups excluding carboxylic acids is 1. The minimum Gasteiger partial charge on any atom is -0.385 e. The zero-order valence-corrected chi connectivity index (χ0v) is 15.9. The highest BCUT2D eigenvalue weighted by atomic mass is 16.5. The maximum atomic E-state index is 12.0. The number of methoxy groups -OCH3 is 1. The molecule has 0 saturated carbocycles. The first-order valence-electron chi connectivity index (χ1n) is 9.66. The van der Waals surface area contributed by atoms with Gasteiger partial charge in [0.25, 0.3) is 5.91 Å². The van der Waals surface area contributed by atoms with E-state index in [0.717, 1.165) is 44.6 Å². The van der Waals surface area contributed by atoms with Crippen molar-refractivity contribution >= 4 is 11.7 Å². The highest BCUT2D eigenvalue weighted by Crippen LogP contribution is 2.24. The second-order valence-corrected chi connectivity index (χ2v) is 7.00. The van der Waals surface area contributed by atoms with E-state index in [1.54, 1.807) is 13.2 Å². The number of hydrogen-bond acceptors (Lipinski definition) is 5. The van der Waals surface area contributed by atoms with Gasteiger partial charge in [0.1, 0.15) is 0 Å². The summed E-state index contributed by atoms with van der Waals surface area (Å²) in [4.78, 5) is 14.3. The Hall–Kier alpha value is -2.47. The third-order valence-electron chi connectivity index (χ3n) is 5.00. The number of carbonyl (C=O) groups is 1. The molecule has 3 rings (SSSR count). The van der Waals surface area contributed by atoms with E-state index < -0.39 is 0 Å². The molecule has 6 nitrogen and oxygen atoms in total. The van der Waals surface area contributed by atoms with Crippen molar-refractivity contribution in [2.75, 3.05) is 38.3 Å². The standard InChI is InChI=1S/C21H28N4O2/c1-27-15-5-12-22-21(26)19-8-9-20(24-23-19)25-13-10-18(11-14-25)16-17-6-3-2-4-7-17/h2-4,6-9,18H,5,10-16H2,1H3,(H,22,26). The maximum absolute atomic E-state index is 12.0. The lowest BCUT2D eigenvalue weighted by Crippen LogP contribution is -2.35. The molecule has 1 saturated heterocycles. The van der Waals surface area contributed by atoms with E-state index in [4.69, 9.17) is 4.74 Å². The van der Waals surface area contributed by atoms with Crippen LogP contribution in [0, 0.1) is 5.92 Å². The van der Waals surface area contributed by atoms with E-state index >= 15 is 0 Å². The summed E-state index contributed by atoms with van der Waals surface area (Å²) in [7, 11) is 1.65. The molecule has 144 valence electrons. The third-order valence-corrected chi connectivity index (χ3v) is 5.00. The fourth-order valence-corrected chi connectivity index (χ4v) is 3.44. The first-order valence-corrected chi connectivity index (χ1v) is 9.66. The molecule has 0 unspecified atom stereocenters. The van der Waals surface area contributed by atoms with Crippen LogP contribution in [0.25, 0.3) is 0 Å². The van der Waals surface area contributed by atoms with E-state index in [-0.39, 0.29) is 5.91 Å². The minimum absolute atomic E-state index is 0.188. The summed E-state index contributed by atoms with van der Waals surface area (Å²) < 4.78 is 4.97. The number of piperidine rings is 1. The summed E-state index contributed by atoms with van der Waals surface area (Å²) in [5.74, 6) is 1.38. The van der Waals surface area contributed by atoms with Crippen molar-refractivity contribution in [2.45, 2.75) is 25.7 Å². The van der Waals surface area contributed by atoms with Crippen LogP contribution < -0.4 is 10.2 Å². The molecule has 1 fully saturated rings. The highest BCUT2D eigenvalue weighted by Gasteiger charge is 2.21. The number of benzene rings is 1. The van der Waals surface area contributed by atoms with Gasteiger partial charge in [-0.15, -0.1) is 10.2 Å². The fourth-order valence-electron chi connectivity index (χ4n) is 3.44. The van der Waals surface area contributed by atoms with Crippen molar-refractivity contribution in [2.24, 2.45) is 5.92 Å². The molecule has 27 heavy (non-hydrogen) atoms. The molecule has 1 N–H and O–H groups in total. The number of aromatic nitrogens is 2. The SMILES string of the molecule is COCCCNC(=O)c1ccc(N2CCC(Cc3ccccc3)CC2)nn1. The second-order valence-electron chi connectivity index (χ2n) is 7.00. The van der Waals surface area contributed by atoms with Crippen molar-refractivity contribution in [3.63, 3.8) is 0 Å². The molecule has 1 aliphatic rings. The Kier molecular flexibility index (Phi) is 7.16. The van der Waals surface area contributed by atoms with E-state index in [1.165, 1.54) is 5.56 Å². The quantitative estimate of drug-likeness (QED) is 0.726. The number of amides is 1. The first-order chi connectivity index (χ1) is 13.3. The van der Waals surface area contributed by atoms with Crippen molar-refractivity contribution in [1.82, 2.24) is 15.5 Å². The van der Waals surface area contributed by atoms with Gasteiger partial charge < -0.3 is 15.0 Å². The minimum atomic E-state index is -0.188. The smallest absolute Gasteiger partial charge is 0.271 e. The van der Waals surface area contributed by atoms with Gasteiger partial charge in [0.15, 0.2) is 11.5 Å². The van der Waals surface area contributed by atoms with Gasteiger partial charge in [-0.3, -0.25) is 4.79 Å². The van der Waals surface area contributed by atoms with Gasteiger partial charge in [-0.1, -0.05) is 30.3 Å². The lowest BCUT2D eigenvalue weighted by Gasteiger charge is -2.32. The molecule has 0 radical (unpaired) electrons. The van der Waals surface area contributed by atoms with E-state index in [1.807, 2.05) is 6.07 Å². The van der Waals surface area contributed by atoms with Gasteiger partial charge in [-0.25, -0.2) is 0 Å². The van der Waals surface area contributed by atoms with Crippen molar-refractivity contribution < 1.29 is 9.53 Å². The van der Waals surface area contributed by atoms with Gasteiger partial charge >= 0.3 is 0 Å². The largest absolute Gasteiger partial charge is 0.385 e. The predicted molar refractivity (Wildman–Crippen MR) is 106 cm³/mol. The lowest BCUT2D eigenvalue weighted by molar-refractivity contribution is 0.0942. The van der Waals surface area contributed by atoms with Crippen LogP contribution in [0.2, 0.25) is 0 Å². The van der Waals surface area contributed by atoms with Crippen LogP contribution in [-0.2, 0) is 11.2 Å². The summed E-state index contributed by atoms with van der Waals surface area (Å²) in [6.45, 7) is 3.17. The Balaban J connectivity index is 1.46. The molecule has 2 heterocycles. The molecule has 1 amide bonds. The highest BCUT2D eigenvalue weighted by molar-refractivity contribution is 5.92. The number of hydrogen-bond donors (Lipinski definition) is 1. The lowest BCUT2D eigenvalue weighted by atomic mass is 9.90. The molecule has 0 aliphatic carbocycles. The zero-order chi connectivity index (χ0) is 18.9. The van der Waals surface area contributed by atoms with Gasteiger partial charge in [0.2, 0.25) is 0 Å². The first kappa shape index (κ1) is 19.3. The van der Waals surface area contributed by atoms with Crippen molar-refractivity contribution in [1.29, 1.82) is 0 Å². The van der Waals surface area contributed by atoms with E-state index in [2.05, 4.69) is 50.7 Å². The summed E-state index contributed by atoms with van der Waals surface area (Å²) >= 11 is 0. The van der Waals surface area contributed by atoms with Crippen LogP contribution in [0.15, 0.2) is 42.5 Å². The van der Waals surface area contributed by atoms with Gasteiger partial charge in [0, 0.05) is 33.4 Å². The van der Waals surface area contributed by atoms with Crippen LogP contribution >= 0.6 is 0 Å². The maximum Gasteiger partial charge on any atom is 0.271 e. The topological polar surface area (TPSA) is 67.3 Å². The molecule has 6 heteroatoms. The molecule has 1 aromatic carbocycles. The zero-order valence-electron chi connectivity index (χ0n) is 15.9. The molecule has 0 spiro atoms. The molecular formula is C21H28N4O2. The Labute approximate surface area is 160 Å². The summed E-state index contributed by atoms with van der Waals surface area (Å²) in [5.41, 5.74) is 1.77. The molecule has 1 aromatic heterocycles. The summed E-state index contributed by atoms with van der Waals surface area (Å²) in [6, 6.07) is 14.3. The molecule has 0 bridgehead atoms. The fraction of sp³-hybridized carbons (Fsp3) is 0.476. The van der Waals surface area contributed by atoms with Crippen LogP contribution in [0.1, 0.15) is 35.3 Å².